The van der Waals surface area contributed by atoms with E-state index >= 15 is 0 Å². The van der Waals surface area contributed by atoms with Crippen LogP contribution in [-0.2, 0) is 0 Å². The molecule has 3 aromatic rings. The van der Waals surface area contributed by atoms with Gasteiger partial charge in [-0.2, -0.15) is 5.10 Å². The third kappa shape index (κ3) is 5.52. The van der Waals surface area contributed by atoms with Crippen molar-refractivity contribution in [2.45, 2.75) is 0 Å². The number of rotatable bonds is 5. The van der Waals surface area contributed by atoms with Crippen LogP contribution in [-0.4, -0.2) is 23.4 Å². The van der Waals surface area contributed by atoms with Gasteiger partial charge in [0.05, 0.1) is 11.9 Å². The average molecular weight is 378 g/mol. The van der Waals surface area contributed by atoms with Crippen molar-refractivity contribution < 1.29 is 9.90 Å². The Morgan fingerprint density at radius 1 is 0.926 bits per heavy atom. The second-order valence-corrected chi connectivity index (χ2v) is 6.09. The molecule has 2 N–H and O–H groups in total. The number of amides is 1. The molecule has 3 rings (SSSR count). The van der Waals surface area contributed by atoms with Gasteiger partial charge in [-0.15, -0.1) is 0 Å². The number of halogens is 1. The minimum Gasteiger partial charge on any atom is -0.508 e. The first-order valence-corrected chi connectivity index (χ1v) is 8.50. The Hall–Kier alpha value is -3.44. The first-order valence-electron chi connectivity index (χ1n) is 8.12. The molecule has 3 aromatic carbocycles. The zero-order valence-electron chi connectivity index (χ0n) is 14.2. The maximum Gasteiger partial charge on any atom is 0.271 e. The number of nitrogens with one attached hydrogen (secondary N) is 1. The lowest BCUT2D eigenvalue weighted by Crippen LogP contribution is -2.17. The standard InChI is InChI=1S/C21H16ClN3O2/c22-18-2-1-3-19(12-18)23-13-15-4-6-16(7-5-15)14-24-25-21(27)17-8-10-20(26)11-9-17/h1-14,26H,(H,25,27). The van der Waals surface area contributed by atoms with Crippen molar-refractivity contribution in [3.05, 3.63) is 94.5 Å². The molecule has 0 aliphatic heterocycles. The molecule has 0 aromatic heterocycles. The molecular formula is C21H16ClN3O2. The molecule has 27 heavy (non-hydrogen) atoms. The van der Waals surface area contributed by atoms with Gasteiger partial charge in [0, 0.05) is 16.8 Å². The van der Waals surface area contributed by atoms with Crippen molar-refractivity contribution in [3.8, 4) is 5.75 Å². The summed E-state index contributed by atoms with van der Waals surface area (Å²) in [5.74, 6) is -0.245. The maximum absolute atomic E-state index is 11.9. The summed E-state index contributed by atoms with van der Waals surface area (Å²) in [4.78, 5) is 16.3. The molecule has 0 bridgehead atoms. The van der Waals surface area contributed by atoms with Gasteiger partial charge in [-0.3, -0.25) is 9.79 Å². The van der Waals surface area contributed by atoms with E-state index in [1.807, 2.05) is 36.4 Å². The molecule has 0 aliphatic carbocycles. The van der Waals surface area contributed by atoms with Gasteiger partial charge in [0.25, 0.3) is 5.91 Å². The quantitative estimate of drug-likeness (QED) is 0.505. The molecule has 0 unspecified atom stereocenters. The Morgan fingerprint density at radius 2 is 1.59 bits per heavy atom. The van der Waals surface area contributed by atoms with Gasteiger partial charge in [0.2, 0.25) is 0 Å². The molecule has 5 nitrogen and oxygen atoms in total. The van der Waals surface area contributed by atoms with Crippen LogP contribution in [0.2, 0.25) is 5.02 Å². The lowest BCUT2D eigenvalue weighted by molar-refractivity contribution is 0.0955. The Balaban J connectivity index is 1.57. The molecule has 0 radical (unpaired) electrons. The van der Waals surface area contributed by atoms with Crippen LogP contribution in [0.1, 0.15) is 21.5 Å². The van der Waals surface area contributed by atoms with Gasteiger partial charge in [-0.1, -0.05) is 41.9 Å². The highest BCUT2D eigenvalue weighted by atomic mass is 35.5. The number of carbonyl (C=O) groups is 1. The SMILES string of the molecule is O=C(NN=Cc1ccc(C=Nc2cccc(Cl)c2)cc1)c1ccc(O)cc1. The normalized spacial score (nSPS) is 11.1. The van der Waals surface area contributed by atoms with Crippen LogP contribution >= 0.6 is 11.6 Å². The zero-order chi connectivity index (χ0) is 19.1. The van der Waals surface area contributed by atoms with Crippen molar-refractivity contribution in [2.75, 3.05) is 0 Å². The van der Waals surface area contributed by atoms with Crippen molar-refractivity contribution in [3.63, 3.8) is 0 Å². The van der Waals surface area contributed by atoms with Gasteiger partial charge in [-0.05, 0) is 53.6 Å². The monoisotopic (exact) mass is 377 g/mol. The minimum atomic E-state index is -0.350. The molecule has 0 atom stereocenters. The van der Waals surface area contributed by atoms with E-state index in [0.717, 1.165) is 16.8 Å². The van der Waals surface area contributed by atoms with E-state index < -0.39 is 0 Å². The van der Waals surface area contributed by atoms with E-state index in [2.05, 4.69) is 15.5 Å². The number of aliphatic imine (C=N–C) groups is 1. The summed E-state index contributed by atoms with van der Waals surface area (Å²) in [6.07, 6.45) is 3.30. The fourth-order valence-electron chi connectivity index (χ4n) is 2.22. The Morgan fingerprint density at radius 3 is 2.26 bits per heavy atom. The summed E-state index contributed by atoms with van der Waals surface area (Å²) in [7, 11) is 0. The van der Waals surface area contributed by atoms with Crippen LogP contribution in [0.5, 0.6) is 5.75 Å². The lowest BCUT2D eigenvalue weighted by atomic mass is 10.1. The van der Waals surface area contributed by atoms with Crippen molar-refractivity contribution in [1.29, 1.82) is 0 Å². The molecular weight excluding hydrogens is 362 g/mol. The molecule has 1 amide bonds. The first kappa shape index (κ1) is 18.4. The molecule has 0 saturated heterocycles. The molecule has 0 fully saturated rings. The van der Waals surface area contributed by atoms with Crippen LogP contribution in [0.15, 0.2) is 82.9 Å². The van der Waals surface area contributed by atoms with E-state index in [4.69, 9.17) is 11.6 Å². The molecule has 0 spiro atoms. The van der Waals surface area contributed by atoms with Gasteiger partial charge < -0.3 is 5.11 Å². The summed E-state index contributed by atoms with van der Waals surface area (Å²) in [5, 5.41) is 13.8. The zero-order valence-corrected chi connectivity index (χ0v) is 15.0. The van der Waals surface area contributed by atoms with Gasteiger partial charge >= 0.3 is 0 Å². The third-order valence-electron chi connectivity index (χ3n) is 3.62. The van der Waals surface area contributed by atoms with Gasteiger partial charge in [0.15, 0.2) is 0 Å². The van der Waals surface area contributed by atoms with E-state index in [1.165, 1.54) is 24.3 Å². The molecule has 134 valence electrons. The van der Waals surface area contributed by atoms with Crippen LogP contribution in [0.4, 0.5) is 5.69 Å². The smallest absolute Gasteiger partial charge is 0.271 e. The molecule has 6 heteroatoms. The van der Waals surface area contributed by atoms with Crippen LogP contribution in [0.25, 0.3) is 0 Å². The minimum absolute atomic E-state index is 0.106. The topological polar surface area (TPSA) is 74.0 Å². The second kappa shape index (κ2) is 8.78. The summed E-state index contributed by atoms with van der Waals surface area (Å²) >= 11 is 5.93. The highest BCUT2D eigenvalue weighted by Gasteiger charge is 2.03. The van der Waals surface area contributed by atoms with E-state index in [1.54, 1.807) is 24.6 Å². The van der Waals surface area contributed by atoms with Crippen LogP contribution < -0.4 is 5.43 Å². The van der Waals surface area contributed by atoms with Crippen LogP contribution in [0.3, 0.4) is 0 Å². The predicted molar refractivity (Wildman–Crippen MR) is 108 cm³/mol. The molecule has 0 aliphatic rings. The lowest BCUT2D eigenvalue weighted by Gasteiger charge is -2.00. The van der Waals surface area contributed by atoms with E-state index in [9.17, 15) is 9.90 Å². The van der Waals surface area contributed by atoms with E-state index in [-0.39, 0.29) is 11.7 Å². The second-order valence-electron chi connectivity index (χ2n) is 5.65. The highest BCUT2D eigenvalue weighted by molar-refractivity contribution is 6.30. The average Bonchev–Trinajstić information content (AvgIpc) is 2.68. The Labute approximate surface area is 161 Å². The van der Waals surface area contributed by atoms with Crippen molar-refractivity contribution in [2.24, 2.45) is 10.1 Å². The summed E-state index contributed by atoms with van der Waals surface area (Å²) in [6, 6.07) is 20.8. The van der Waals surface area contributed by atoms with Gasteiger partial charge in [0.1, 0.15) is 5.75 Å². The number of aromatic hydroxyl groups is 1. The number of phenols is 1. The largest absolute Gasteiger partial charge is 0.508 e. The molecule has 0 heterocycles. The predicted octanol–water partition coefficient (Wildman–Crippen LogP) is 4.56. The van der Waals surface area contributed by atoms with Crippen LogP contribution in [0, 0.1) is 0 Å². The number of hydrazone groups is 1. The number of phenolic OH excluding ortho intramolecular Hbond substituents is 1. The summed E-state index contributed by atoms with van der Waals surface area (Å²) in [5.41, 5.74) is 5.41. The number of hydrogen-bond donors (Lipinski definition) is 2. The molecule has 0 saturated carbocycles. The Bertz CT molecular complexity index is 981. The number of benzene rings is 3. The Kier molecular flexibility index (Phi) is 5.97. The maximum atomic E-state index is 11.9. The fraction of sp³-hybridized carbons (Fsp3) is 0. The van der Waals surface area contributed by atoms with Crippen molar-refractivity contribution in [1.82, 2.24) is 5.43 Å². The summed E-state index contributed by atoms with van der Waals surface area (Å²) in [6.45, 7) is 0. The number of carbonyl (C=O) groups excluding carboxylic acids is 1. The number of hydrogen-bond acceptors (Lipinski definition) is 4. The fourth-order valence-corrected chi connectivity index (χ4v) is 2.40. The van der Waals surface area contributed by atoms with Crippen molar-refractivity contribution >= 4 is 35.6 Å². The van der Waals surface area contributed by atoms with E-state index in [0.29, 0.717) is 10.6 Å². The number of nitrogens with zero attached hydrogens (tertiary/aromatic N) is 2. The summed E-state index contributed by atoms with van der Waals surface area (Å²) < 4.78 is 0. The van der Waals surface area contributed by atoms with Gasteiger partial charge in [-0.25, -0.2) is 5.43 Å². The third-order valence-corrected chi connectivity index (χ3v) is 3.85. The first-order chi connectivity index (χ1) is 13.1. The highest BCUT2D eigenvalue weighted by Crippen LogP contribution is 2.17.